The molecule has 34 heavy (non-hydrogen) atoms. The van der Waals surface area contributed by atoms with E-state index in [-0.39, 0.29) is 5.69 Å². The lowest BCUT2D eigenvalue weighted by Gasteiger charge is -2.26. The number of rotatable bonds is 6. The van der Waals surface area contributed by atoms with Crippen molar-refractivity contribution in [3.63, 3.8) is 0 Å². The number of carboxylic acid groups (broad SMARTS) is 1. The first kappa shape index (κ1) is 25.2. The van der Waals surface area contributed by atoms with E-state index in [1.54, 1.807) is 29.8 Å². The Morgan fingerprint density at radius 2 is 1.79 bits per heavy atom. The highest BCUT2D eigenvalue weighted by Gasteiger charge is 2.24. The van der Waals surface area contributed by atoms with Crippen molar-refractivity contribution >= 4 is 73.9 Å². The molecule has 178 valence electrons. The van der Waals surface area contributed by atoms with Crippen LogP contribution >= 0.6 is 23.2 Å². The second-order valence-electron chi connectivity index (χ2n) is 7.29. The summed E-state index contributed by atoms with van der Waals surface area (Å²) in [6.07, 6.45) is -0.432. The highest BCUT2D eigenvalue weighted by Crippen LogP contribution is 2.33. The Kier molecular flexibility index (Phi) is 7.60. The minimum absolute atomic E-state index is 0.206. The molecule has 10 nitrogen and oxygen atoms in total. The molecule has 0 bridgehead atoms. The Hall–Kier alpha value is -3.41. The Labute approximate surface area is 205 Å². The van der Waals surface area contributed by atoms with Crippen LogP contribution in [-0.2, 0) is 22.3 Å². The number of nitrogens with zero attached hydrogens (tertiary/aromatic N) is 3. The number of aryl methyl sites for hydroxylation is 1. The van der Waals surface area contributed by atoms with Crippen molar-refractivity contribution in [3.05, 3.63) is 58.2 Å². The van der Waals surface area contributed by atoms with E-state index >= 15 is 0 Å². The van der Waals surface area contributed by atoms with Crippen molar-refractivity contribution in [2.75, 3.05) is 10.2 Å². The van der Waals surface area contributed by atoms with Crippen LogP contribution < -0.4 is 10.2 Å². The fraction of sp³-hybridized carbons (Fsp3) is 0.190. The number of anilines is 2. The maximum atomic E-state index is 12.9. The van der Waals surface area contributed by atoms with Gasteiger partial charge in [-0.15, -0.1) is 0 Å². The molecule has 3 rings (SSSR count). The number of aromatic nitrogens is 1. The van der Waals surface area contributed by atoms with E-state index in [1.807, 2.05) is 0 Å². The van der Waals surface area contributed by atoms with Gasteiger partial charge in [0.1, 0.15) is 5.69 Å². The van der Waals surface area contributed by atoms with Crippen molar-refractivity contribution in [2.24, 2.45) is 11.4 Å². The van der Waals surface area contributed by atoms with Gasteiger partial charge >= 0.3 is 22.5 Å². The maximum absolute atomic E-state index is 12.9. The predicted molar refractivity (Wildman–Crippen MR) is 128 cm³/mol. The zero-order valence-corrected chi connectivity index (χ0v) is 20.1. The van der Waals surface area contributed by atoms with E-state index in [0.717, 1.165) is 10.4 Å². The topological polar surface area (TPSA) is 138 Å². The Balaban J connectivity index is 1.87. The lowest BCUT2D eigenvalue weighted by Crippen LogP contribution is -2.38. The largest absolute Gasteiger partial charge is 0.481 e. The Bertz CT molecular complexity index is 1430. The molecule has 1 aromatic heterocycles. The van der Waals surface area contributed by atoms with E-state index in [2.05, 4.69) is 9.68 Å². The van der Waals surface area contributed by atoms with E-state index in [4.69, 9.17) is 28.3 Å². The van der Waals surface area contributed by atoms with Gasteiger partial charge in [-0.3, -0.25) is 14.5 Å². The standard InChI is InChI=1S/C21H18Cl2N4O6S/c1-11(9-18(28)29)27(21(31)25-34(32)33)13-5-3-12(4-6-13)24-20(30)17-10-14-16(26(17)2)8-7-15(22)19(14)23/h3-8,10-11H,9H2,1-2H3,(H,24,30)(H,28,29)/t11-/m0/s1. The van der Waals surface area contributed by atoms with Gasteiger partial charge in [0.15, 0.2) is 0 Å². The van der Waals surface area contributed by atoms with Crippen LogP contribution in [0, 0.1) is 0 Å². The molecular weight excluding hydrogens is 507 g/mol. The quantitative estimate of drug-likeness (QED) is 0.483. The molecule has 0 aliphatic carbocycles. The first-order chi connectivity index (χ1) is 16.0. The van der Waals surface area contributed by atoms with E-state index < -0.39 is 40.9 Å². The molecule has 0 aliphatic rings. The molecule has 3 aromatic rings. The maximum Gasteiger partial charge on any atom is 0.363 e. The van der Waals surface area contributed by atoms with Gasteiger partial charge in [-0.25, -0.2) is 4.79 Å². The van der Waals surface area contributed by atoms with Crippen LogP contribution in [0.4, 0.5) is 16.2 Å². The fourth-order valence-electron chi connectivity index (χ4n) is 3.47. The van der Waals surface area contributed by atoms with Crippen molar-refractivity contribution in [1.82, 2.24) is 4.57 Å². The number of aliphatic carboxylic acids is 1. The number of nitrogens with one attached hydrogen (secondary N) is 1. The number of amides is 3. The van der Waals surface area contributed by atoms with Crippen molar-refractivity contribution in [1.29, 1.82) is 0 Å². The molecule has 0 saturated carbocycles. The molecular formula is C21H18Cl2N4O6S. The van der Waals surface area contributed by atoms with Crippen molar-refractivity contribution in [2.45, 2.75) is 19.4 Å². The van der Waals surface area contributed by atoms with Crippen LogP contribution in [0.15, 0.2) is 46.8 Å². The predicted octanol–water partition coefficient (Wildman–Crippen LogP) is 4.59. The molecule has 0 aliphatic heterocycles. The number of halogens is 2. The molecule has 2 aromatic carbocycles. The number of carbonyl (C=O) groups excluding carboxylic acids is 2. The van der Waals surface area contributed by atoms with Gasteiger partial charge in [-0.1, -0.05) is 27.6 Å². The molecule has 3 amide bonds. The zero-order chi connectivity index (χ0) is 25.2. The molecule has 0 spiro atoms. The molecule has 1 atom stereocenters. The van der Waals surface area contributed by atoms with Gasteiger partial charge < -0.3 is 15.0 Å². The Morgan fingerprint density at radius 1 is 1.15 bits per heavy atom. The number of hydrogen-bond donors (Lipinski definition) is 2. The minimum atomic E-state index is -3.01. The summed E-state index contributed by atoms with van der Waals surface area (Å²) in [6.45, 7) is 1.45. The highest BCUT2D eigenvalue weighted by molar-refractivity contribution is 7.62. The average Bonchev–Trinajstić information content (AvgIpc) is 3.08. The van der Waals surface area contributed by atoms with Crippen molar-refractivity contribution in [3.8, 4) is 0 Å². The monoisotopic (exact) mass is 524 g/mol. The molecule has 0 saturated heterocycles. The number of hydrogen-bond acceptors (Lipinski definition) is 5. The van der Waals surface area contributed by atoms with E-state index in [0.29, 0.717) is 26.8 Å². The molecule has 1 heterocycles. The van der Waals surface area contributed by atoms with Crippen LogP contribution in [0.25, 0.3) is 10.9 Å². The normalized spacial score (nSPS) is 11.6. The van der Waals surface area contributed by atoms with Gasteiger partial charge in [0.2, 0.25) is 0 Å². The third-order valence-corrected chi connectivity index (χ3v) is 6.14. The summed E-state index contributed by atoms with van der Waals surface area (Å²) in [4.78, 5) is 37.2. The SMILES string of the molecule is C[C@@H](CC(=O)O)N(C(=O)N=S(=O)=O)c1ccc(NC(=O)c2cc3c(Cl)c(Cl)ccc3n2C)cc1. The summed E-state index contributed by atoms with van der Waals surface area (Å²) in [6, 6.07) is 8.84. The lowest BCUT2D eigenvalue weighted by atomic mass is 10.1. The third-order valence-electron chi connectivity index (χ3n) is 5.02. The first-order valence-corrected chi connectivity index (χ1v) is 11.5. The third kappa shape index (κ3) is 5.38. The second-order valence-corrected chi connectivity index (χ2v) is 8.69. The van der Waals surface area contributed by atoms with Crippen LogP contribution in [0.5, 0.6) is 0 Å². The van der Waals surface area contributed by atoms with Gasteiger partial charge in [0.25, 0.3) is 5.91 Å². The first-order valence-electron chi connectivity index (χ1n) is 9.70. The second kappa shape index (κ2) is 10.2. The number of urea groups is 1. The molecule has 0 fully saturated rings. The summed E-state index contributed by atoms with van der Waals surface area (Å²) in [5.74, 6) is -1.60. The number of carbonyl (C=O) groups is 3. The van der Waals surface area contributed by atoms with Crippen molar-refractivity contribution < 1.29 is 27.9 Å². The van der Waals surface area contributed by atoms with Gasteiger partial charge in [0, 0.05) is 35.4 Å². The average molecular weight is 525 g/mol. The zero-order valence-electron chi connectivity index (χ0n) is 17.8. The molecule has 0 radical (unpaired) electrons. The van der Waals surface area contributed by atoms with Crippen LogP contribution in [0.1, 0.15) is 23.8 Å². The summed E-state index contributed by atoms with van der Waals surface area (Å²) < 4.78 is 26.3. The summed E-state index contributed by atoms with van der Waals surface area (Å²) >= 11 is 12.3. The highest BCUT2D eigenvalue weighted by atomic mass is 35.5. The van der Waals surface area contributed by atoms with Crippen LogP contribution in [0.2, 0.25) is 10.0 Å². The van der Waals surface area contributed by atoms with Crippen LogP contribution in [-0.4, -0.2) is 42.0 Å². The number of fused-ring (bicyclic) bond motifs is 1. The van der Waals surface area contributed by atoms with Gasteiger partial charge in [-0.05, 0) is 49.4 Å². The summed E-state index contributed by atoms with van der Waals surface area (Å²) in [5.41, 5.74) is 1.63. The summed E-state index contributed by atoms with van der Waals surface area (Å²) in [7, 11) is -1.30. The molecule has 2 N–H and O–H groups in total. The minimum Gasteiger partial charge on any atom is -0.481 e. The van der Waals surface area contributed by atoms with E-state index in [9.17, 15) is 22.8 Å². The summed E-state index contributed by atoms with van der Waals surface area (Å²) in [5, 5.41) is 13.1. The molecule has 0 unspecified atom stereocenters. The lowest BCUT2D eigenvalue weighted by molar-refractivity contribution is -0.137. The van der Waals surface area contributed by atoms with Gasteiger partial charge in [0.05, 0.1) is 16.5 Å². The molecule has 13 heteroatoms. The number of benzene rings is 2. The van der Waals surface area contributed by atoms with Crippen LogP contribution in [0.3, 0.4) is 0 Å². The Morgan fingerprint density at radius 3 is 2.38 bits per heavy atom. The van der Waals surface area contributed by atoms with Gasteiger partial charge in [-0.2, -0.15) is 8.42 Å². The van der Waals surface area contributed by atoms with E-state index in [1.165, 1.54) is 31.2 Å². The smallest absolute Gasteiger partial charge is 0.363 e. The fourth-order valence-corrected chi connectivity index (χ4v) is 4.07. The number of carboxylic acids is 1.